The van der Waals surface area contributed by atoms with Crippen LogP contribution >= 0.6 is 11.6 Å². The molecule has 0 bridgehead atoms. The number of anilines is 1. The lowest BCUT2D eigenvalue weighted by Crippen LogP contribution is -2.29. The Morgan fingerprint density at radius 1 is 1.50 bits per heavy atom. The summed E-state index contributed by atoms with van der Waals surface area (Å²) >= 11 is 5.65. The average Bonchev–Trinajstić information content (AvgIpc) is 2.81. The molecule has 2 N–H and O–H groups in total. The summed E-state index contributed by atoms with van der Waals surface area (Å²) in [5.74, 6) is -1.41. The van der Waals surface area contributed by atoms with Crippen molar-refractivity contribution in [2.45, 2.75) is 12.5 Å². The molecule has 0 fully saturated rings. The van der Waals surface area contributed by atoms with Crippen molar-refractivity contribution in [3.63, 3.8) is 0 Å². The van der Waals surface area contributed by atoms with Crippen LogP contribution in [0.15, 0.2) is 23.5 Å². The van der Waals surface area contributed by atoms with E-state index in [1.165, 1.54) is 12.3 Å². The summed E-state index contributed by atoms with van der Waals surface area (Å²) in [6, 6.07) is 3.09. The molecule has 1 aliphatic rings. The van der Waals surface area contributed by atoms with Crippen LogP contribution in [0.1, 0.15) is 6.42 Å². The Balaban J connectivity index is 1.94. The van der Waals surface area contributed by atoms with Gasteiger partial charge in [-0.15, -0.1) is 0 Å². The molecule has 1 aromatic rings. The van der Waals surface area contributed by atoms with E-state index in [4.69, 9.17) is 21.5 Å². The Morgan fingerprint density at radius 2 is 2.28 bits per heavy atom. The first-order valence-corrected chi connectivity index (χ1v) is 5.32. The molecule has 94 valence electrons. The van der Waals surface area contributed by atoms with Crippen molar-refractivity contribution in [3.05, 3.63) is 23.4 Å². The number of aliphatic carboxylic acids is 1. The van der Waals surface area contributed by atoms with E-state index in [0.717, 1.165) is 0 Å². The molecule has 0 saturated carbocycles. The Kier molecular flexibility index (Phi) is 3.42. The Labute approximate surface area is 106 Å². The number of carbonyl (C=O) groups excluding carboxylic acids is 1. The summed E-state index contributed by atoms with van der Waals surface area (Å²) in [7, 11) is 0. The van der Waals surface area contributed by atoms with Crippen LogP contribution in [0.2, 0.25) is 5.02 Å². The number of rotatable bonds is 3. The zero-order valence-corrected chi connectivity index (χ0v) is 9.72. The number of carbonyl (C=O) groups is 2. The standard InChI is InChI=1S/C10H8ClN3O4/c11-5-1-2-8(12-4-5)13-9(15)7-3-6(10(16)17)14-18-7/h1-2,4,7H,3H2,(H,16,17)(H,12,13,15). The van der Waals surface area contributed by atoms with Crippen molar-refractivity contribution in [1.82, 2.24) is 4.98 Å². The van der Waals surface area contributed by atoms with Gasteiger partial charge in [0.25, 0.3) is 5.91 Å². The van der Waals surface area contributed by atoms with Crippen LogP contribution in [0.3, 0.4) is 0 Å². The number of hydrogen-bond acceptors (Lipinski definition) is 5. The second kappa shape index (κ2) is 5.01. The number of carboxylic acids is 1. The molecule has 8 heteroatoms. The largest absolute Gasteiger partial charge is 0.477 e. The molecule has 0 saturated heterocycles. The van der Waals surface area contributed by atoms with Gasteiger partial charge in [0.05, 0.1) is 5.02 Å². The molecule has 0 aromatic carbocycles. The summed E-state index contributed by atoms with van der Waals surface area (Å²) in [5.41, 5.74) is -0.181. The third-order valence-electron chi connectivity index (χ3n) is 2.19. The smallest absolute Gasteiger partial charge is 0.353 e. The van der Waals surface area contributed by atoms with Gasteiger partial charge in [0.2, 0.25) is 6.10 Å². The first kappa shape index (κ1) is 12.3. The highest BCUT2D eigenvalue weighted by Gasteiger charge is 2.31. The van der Waals surface area contributed by atoms with E-state index in [0.29, 0.717) is 10.8 Å². The second-order valence-corrected chi connectivity index (χ2v) is 3.93. The van der Waals surface area contributed by atoms with Gasteiger partial charge in [-0.05, 0) is 12.1 Å². The summed E-state index contributed by atoms with van der Waals surface area (Å²) < 4.78 is 0. The van der Waals surface area contributed by atoms with Crippen molar-refractivity contribution in [3.8, 4) is 0 Å². The molecule has 2 heterocycles. The number of halogens is 1. The highest BCUT2D eigenvalue weighted by atomic mass is 35.5. The van der Waals surface area contributed by atoms with Gasteiger partial charge in [-0.25, -0.2) is 9.78 Å². The Morgan fingerprint density at radius 3 is 2.83 bits per heavy atom. The number of carboxylic acid groups (broad SMARTS) is 1. The van der Waals surface area contributed by atoms with E-state index in [1.54, 1.807) is 6.07 Å². The summed E-state index contributed by atoms with van der Waals surface area (Å²) in [4.78, 5) is 30.9. The predicted octanol–water partition coefficient (Wildman–Crippen LogP) is 0.903. The van der Waals surface area contributed by atoms with E-state index < -0.39 is 18.0 Å². The number of oxime groups is 1. The normalized spacial score (nSPS) is 17.8. The first-order chi connectivity index (χ1) is 8.56. The van der Waals surface area contributed by atoms with Gasteiger partial charge in [-0.1, -0.05) is 16.8 Å². The van der Waals surface area contributed by atoms with Gasteiger partial charge in [0.15, 0.2) is 5.71 Å². The molecule has 1 aromatic heterocycles. The van der Waals surface area contributed by atoms with E-state index in [2.05, 4.69) is 15.5 Å². The van der Waals surface area contributed by atoms with Crippen molar-refractivity contribution < 1.29 is 19.5 Å². The minimum absolute atomic E-state index is 0.0746. The van der Waals surface area contributed by atoms with Gasteiger partial charge < -0.3 is 15.3 Å². The van der Waals surface area contributed by atoms with Crippen LogP contribution in [0, 0.1) is 0 Å². The maximum atomic E-state index is 11.7. The minimum atomic E-state index is -1.20. The van der Waals surface area contributed by atoms with Gasteiger partial charge in [0, 0.05) is 12.6 Å². The number of nitrogens with zero attached hydrogens (tertiary/aromatic N) is 2. The molecule has 1 atom stereocenters. The van der Waals surface area contributed by atoms with E-state index in [9.17, 15) is 9.59 Å². The van der Waals surface area contributed by atoms with E-state index in [1.807, 2.05) is 0 Å². The lowest BCUT2D eigenvalue weighted by molar-refractivity contribution is -0.129. The molecule has 2 rings (SSSR count). The number of nitrogens with one attached hydrogen (secondary N) is 1. The lowest BCUT2D eigenvalue weighted by atomic mass is 10.2. The first-order valence-electron chi connectivity index (χ1n) is 4.94. The van der Waals surface area contributed by atoms with Crippen LogP contribution in [-0.2, 0) is 14.4 Å². The van der Waals surface area contributed by atoms with E-state index in [-0.39, 0.29) is 12.1 Å². The monoisotopic (exact) mass is 269 g/mol. The third kappa shape index (κ3) is 2.75. The molecular weight excluding hydrogens is 262 g/mol. The summed E-state index contributed by atoms with van der Waals surface area (Å²) in [5, 5.41) is 14.9. The molecule has 0 spiro atoms. The Hall–Kier alpha value is -2.15. The lowest BCUT2D eigenvalue weighted by Gasteiger charge is -2.08. The van der Waals surface area contributed by atoms with Crippen molar-refractivity contribution in [2.75, 3.05) is 5.32 Å². The fraction of sp³-hybridized carbons (Fsp3) is 0.200. The van der Waals surface area contributed by atoms with E-state index >= 15 is 0 Å². The molecule has 1 aliphatic heterocycles. The Bertz CT molecular complexity index is 514. The molecule has 1 amide bonds. The molecule has 0 radical (unpaired) electrons. The van der Waals surface area contributed by atoms with Crippen molar-refractivity contribution in [1.29, 1.82) is 0 Å². The SMILES string of the molecule is O=C(O)C1=NOC(C(=O)Nc2ccc(Cl)cn2)C1. The molecule has 0 aliphatic carbocycles. The van der Waals surface area contributed by atoms with Gasteiger partial charge in [0.1, 0.15) is 5.82 Å². The number of amides is 1. The molecule has 1 unspecified atom stereocenters. The van der Waals surface area contributed by atoms with Crippen molar-refractivity contribution >= 4 is 35.0 Å². The fourth-order valence-corrected chi connectivity index (χ4v) is 1.41. The second-order valence-electron chi connectivity index (χ2n) is 3.49. The predicted molar refractivity (Wildman–Crippen MR) is 62.4 cm³/mol. The zero-order valence-electron chi connectivity index (χ0n) is 8.96. The van der Waals surface area contributed by atoms with Crippen LogP contribution in [0.25, 0.3) is 0 Å². The number of pyridine rings is 1. The van der Waals surface area contributed by atoms with Crippen molar-refractivity contribution in [2.24, 2.45) is 5.16 Å². The zero-order chi connectivity index (χ0) is 13.1. The summed E-state index contributed by atoms with van der Waals surface area (Å²) in [6.07, 6.45) is 0.356. The fourth-order valence-electron chi connectivity index (χ4n) is 1.30. The van der Waals surface area contributed by atoms with Crippen LogP contribution in [-0.4, -0.2) is 33.8 Å². The van der Waals surface area contributed by atoms with Gasteiger partial charge >= 0.3 is 5.97 Å². The maximum absolute atomic E-state index is 11.7. The molecular formula is C10H8ClN3O4. The number of hydrogen-bond donors (Lipinski definition) is 2. The minimum Gasteiger partial charge on any atom is -0.477 e. The van der Waals surface area contributed by atoms with Crippen LogP contribution < -0.4 is 5.32 Å². The van der Waals surface area contributed by atoms with Gasteiger partial charge in [-0.2, -0.15) is 0 Å². The topological polar surface area (TPSA) is 101 Å². The highest BCUT2D eigenvalue weighted by Crippen LogP contribution is 2.14. The molecule has 7 nitrogen and oxygen atoms in total. The quantitative estimate of drug-likeness (QED) is 0.849. The number of aromatic nitrogens is 1. The molecule has 18 heavy (non-hydrogen) atoms. The average molecular weight is 270 g/mol. The van der Waals surface area contributed by atoms with Crippen LogP contribution in [0.5, 0.6) is 0 Å². The third-order valence-corrected chi connectivity index (χ3v) is 2.41. The van der Waals surface area contributed by atoms with Gasteiger partial charge in [-0.3, -0.25) is 4.79 Å². The summed E-state index contributed by atoms with van der Waals surface area (Å²) in [6.45, 7) is 0. The highest BCUT2D eigenvalue weighted by molar-refractivity contribution is 6.36. The maximum Gasteiger partial charge on any atom is 0.353 e. The van der Waals surface area contributed by atoms with Crippen LogP contribution in [0.4, 0.5) is 5.82 Å².